The Labute approximate surface area is 401 Å². The largest absolute Gasteiger partial charge is 0.506 e. The van der Waals surface area contributed by atoms with E-state index in [-0.39, 0.29) is 90.8 Å². The van der Waals surface area contributed by atoms with Crippen LogP contribution in [-0.2, 0) is 52.7 Å². The highest BCUT2D eigenvalue weighted by Gasteiger charge is 2.46. The molecule has 24 heteroatoms. The van der Waals surface area contributed by atoms with Crippen molar-refractivity contribution in [2.45, 2.75) is 50.5 Å². The molecule has 2 aliphatic heterocycles. The monoisotopic (exact) mass is 1010 g/mol. The van der Waals surface area contributed by atoms with Gasteiger partial charge in [-0.15, -0.1) is 0 Å². The SMILES string of the molecule is Cn1nc(C(F)(F)F)cc1-c1ccc(OCCCCCOCCOCCOCCOCCNC(=O)COc2cccc3c2C(=O)N(C2CCC(=O)NC2=O)C3=O)c(-c2ccc(Cl)c(C(F)(F)F)c2)c1O. The number of aryl methyl sites for hydroxylation is 1. The normalized spacial score (nSPS) is 15.1. The molecule has 0 saturated carbocycles. The zero-order valence-electron chi connectivity index (χ0n) is 37.5. The Morgan fingerprint density at radius 2 is 1.43 bits per heavy atom. The topological polar surface area (TPSA) is 206 Å². The average Bonchev–Trinajstić information content (AvgIpc) is 3.82. The first-order valence-corrected chi connectivity index (χ1v) is 22.3. The summed E-state index contributed by atoms with van der Waals surface area (Å²) in [5.41, 5.74) is -2.96. The standard InChI is InChI=1S/C46H48ClF6N5O12/c1-57-33(25-36(56-57)46(51,52)53)28-9-12-35(39(41(28)61)27-8-10-31(47)30(24-27)45(48,49)50)69-16-4-2-3-15-65-18-20-67-22-23-68-21-19-66-17-14-54-38(60)26-70-34-7-5-6-29-40(34)44(64)58(43(29)63)32-11-13-37(59)55-42(32)62/h5-10,12,24-25,32,61H,2-4,11,13-23,26H2,1H3,(H,54,60)(H,55,59,62). The number of unbranched alkanes of at least 4 members (excludes halogenated alkanes) is 2. The summed E-state index contributed by atoms with van der Waals surface area (Å²) < 4.78 is 116. The van der Waals surface area contributed by atoms with Crippen LogP contribution in [-0.4, -0.2) is 128 Å². The molecular weight excluding hydrogens is 964 g/mol. The lowest BCUT2D eigenvalue weighted by atomic mass is 9.97. The quantitative estimate of drug-likeness (QED) is 0.0376. The summed E-state index contributed by atoms with van der Waals surface area (Å²) >= 11 is 5.82. The zero-order chi connectivity index (χ0) is 50.6. The Bertz CT molecular complexity index is 2540. The van der Waals surface area contributed by atoms with Crippen molar-refractivity contribution in [2.24, 2.45) is 7.05 Å². The number of phenols is 1. The number of phenolic OH excluding ortho intramolecular Hbond substituents is 1. The molecule has 5 amide bonds. The van der Waals surface area contributed by atoms with Crippen molar-refractivity contribution in [3.05, 3.63) is 82.0 Å². The number of imide groups is 2. The Hall–Kier alpha value is -6.27. The molecule has 1 fully saturated rings. The van der Waals surface area contributed by atoms with Crippen molar-refractivity contribution >= 4 is 41.1 Å². The smallest absolute Gasteiger partial charge is 0.435 e. The average molecular weight is 1010 g/mol. The second kappa shape index (κ2) is 24.0. The van der Waals surface area contributed by atoms with Gasteiger partial charge in [0.25, 0.3) is 17.7 Å². The number of aromatic nitrogens is 2. The van der Waals surface area contributed by atoms with E-state index in [1.54, 1.807) is 0 Å². The number of alkyl halides is 6. The highest BCUT2D eigenvalue weighted by Crippen LogP contribution is 2.47. The summed E-state index contributed by atoms with van der Waals surface area (Å²) in [6, 6.07) is 9.58. The minimum absolute atomic E-state index is 0.00319. The van der Waals surface area contributed by atoms with Gasteiger partial charge in [0.05, 0.1) is 85.8 Å². The molecule has 1 atom stereocenters. The lowest BCUT2D eigenvalue weighted by molar-refractivity contribution is -0.141. The molecule has 0 spiro atoms. The molecular formula is C46H48ClF6N5O12. The van der Waals surface area contributed by atoms with Crippen LogP contribution in [0.1, 0.15) is 64.1 Å². The number of hydrogen-bond donors (Lipinski definition) is 3. The summed E-state index contributed by atoms with van der Waals surface area (Å²) in [6.07, 6.45) is -7.84. The first kappa shape index (κ1) is 53.1. The highest BCUT2D eigenvalue weighted by molar-refractivity contribution is 6.31. The predicted molar refractivity (Wildman–Crippen MR) is 235 cm³/mol. The van der Waals surface area contributed by atoms with E-state index in [9.17, 15) is 55.4 Å². The third kappa shape index (κ3) is 13.5. The van der Waals surface area contributed by atoms with Crippen LogP contribution in [0.3, 0.4) is 0 Å². The van der Waals surface area contributed by atoms with E-state index in [4.69, 9.17) is 40.0 Å². The number of halogens is 7. The summed E-state index contributed by atoms with van der Waals surface area (Å²) in [7, 11) is 1.24. The number of carbonyl (C=O) groups excluding carboxylic acids is 5. The number of piperidine rings is 1. The van der Waals surface area contributed by atoms with Crippen molar-refractivity contribution in [3.8, 4) is 39.6 Å². The number of ether oxygens (including phenoxy) is 6. The van der Waals surface area contributed by atoms with Crippen molar-refractivity contribution < 1.29 is 83.8 Å². The molecule has 378 valence electrons. The van der Waals surface area contributed by atoms with E-state index >= 15 is 0 Å². The summed E-state index contributed by atoms with van der Waals surface area (Å²) in [5, 5.41) is 19.0. The number of nitrogens with zero attached hydrogens (tertiary/aromatic N) is 3. The predicted octanol–water partition coefficient (Wildman–Crippen LogP) is 6.36. The Kier molecular flexibility index (Phi) is 18.2. The van der Waals surface area contributed by atoms with E-state index in [2.05, 4.69) is 15.7 Å². The fraction of sp³-hybridized carbons (Fsp3) is 0.435. The number of rotatable bonds is 25. The maximum Gasteiger partial charge on any atom is 0.435 e. The molecule has 70 heavy (non-hydrogen) atoms. The Balaban J connectivity index is 0.802. The minimum atomic E-state index is -4.83. The number of fused-ring (bicyclic) bond motifs is 1. The van der Waals surface area contributed by atoms with Crippen LogP contribution in [0.2, 0.25) is 5.02 Å². The Morgan fingerprint density at radius 3 is 2.09 bits per heavy atom. The van der Waals surface area contributed by atoms with Crippen LogP contribution in [0.4, 0.5) is 26.3 Å². The second-order valence-electron chi connectivity index (χ2n) is 15.7. The van der Waals surface area contributed by atoms with Crippen molar-refractivity contribution in [1.29, 1.82) is 0 Å². The number of nitrogens with one attached hydrogen (secondary N) is 2. The summed E-state index contributed by atoms with van der Waals surface area (Å²) in [5.74, 6) is -3.78. The molecule has 3 heterocycles. The van der Waals surface area contributed by atoms with Crippen molar-refractivity contribution in [2.75, 3.05) is 72.6 Å². The summed E-state index contributed by atoms with van der Waals surface area (Å²) in [4.78, 5) is 63.2. The molecule has 17 nitrogen and oxygen atoms in total. The number of carbonyl (C=O) groups is 5. The van der Waals surface area contributed by atoms with Crippen LogP contribution in [0.15, 0.2) is 54.6 Å². The van der Waals surface area contributed by atoms with Crippen molar-refractivity contribution in [3.63, 3.8) is 0 Å². The van der Waals surface area contributed by atoms with Gasteiger partial charge in [0.1, 0.15) is 23.3 Å². The van der Waals surface area contributed by atoms with E-state index in [1.807, 2.05) is 0 Å². The van der Waals surface area contributed by atoms with Crippen molar-refractivity contribution in [1.82, 2.24) is 25.3 Å². The van der Waals surface area contributed by atoms with Crippen LogP contribution in [0.25, 0.3) is 22.4 Å². The van der Waals surface area contributed by atoms with Crippen LogP contribution in [0, 0.1) is 0 Å². The van der Waals surface area contributed by atoms with Gasteiger partial charge in [-0.05, 0) is 73.7 Å². The first-order chi connectivity index (χ1) is 33.4. The maximum absolute atomic E-state index is 13.8. The fourth-order valence-electron chi connectivity index (χ4n) is 7.42. The molecule has 1 unspecified atom stereocenters. The lowest BCUT2D eigenvalue weighted by Gasteiger charge is -2.27. The van der Waals surface area contributed by atoms with Crippen LogP contribution in [0.5, 0.6) is 17.2 Å². The summed E-state index contributed by atoms with van der Waals surface area (Å²) in [6.45, 7) is 2.14. The number of benzene rings is 3. The number of aromatic hydroxyl groups is 1. The van der Waals surface area contributed by atoms with Gasteiger partial charge in [-0.25, -0.2) is 0 Å². The molecule has 3 aromatic carbocycles. The van der Waals surface area contributed by atoms with Gasteiger partial charge in [0, 0.05) is 32.2 Å². The van der Waals surface area contributed by atoms with E-state index in [0.29, 0.717) is 52.3 Å². The van der Waals surface area contributed by atoms with Gasteiger partial charge in [-0.2, -0.15) is 31.4 Å². The lowest BCUT2D eigenvalue weighted by Crippen LogP contribution is -2.54. The third-order valence-corrected chi connectivity index (χ3v) is 11.1. The first-order valence-electron chi connectivity index (χ1n) is 21.9. The van der Waals surface area contributed by atoms with Gasteiger partial charge in [0.15, 0.2) is 12.3 Å². The van der Waals surface area contributed by atoms with Crippen LogP contribution < -0.4 is 20.1 Å². The van der Waals surface area contributed by atoms with E-state index in [1.165, 1.54) is 43.4 Å². The molecule has 0 radical (unpaired) electrons. The molecule has 1 aromatic heterocycles. The molecule has 6 rings (SSSR count). The highest BCUT2D eigenvalue weighted by atomic mass is 35.5. The van der Waals surface area contributed by atoms with Gasteiger partial charge < -0.3 is 38.8 Å². The van der Waals surface area contributed by atoms with Gasteiger partial charge >= 0.3 is 12.4 Å². The van der Waals surface area contributed by atoms with Crippen LogP contribution >= 0.6 is 11.6 Å². The molecule has 3 N–H and O–H groups in total. The van der Waals surface area contributed by atoms with E-state index < -0.39 is 76.6 Å². The fourth-order valence-corrected chi connectivity index (χ4v) is 7.65. The van der Waals surface area contributed by atoms with E-state index in [0.717, 1.165) is 27.8 Å². The molecule has 4 aromatic rings. The molecule has 0 aliphatic carbocycles. The molecule has 1 saturated heterocycles. The third-order valence-electron chi connectivity index (χ3n) is 10.8. The minimum Gasteiger partial charge on any atom is -0.506 e. The number of hydrogen-bond acceptors (Lipinski definition) is 13. The molecule has 2 aliphatic rings. The van der Waals surface area contributed by atoms with Gasteiger partial charge in [-0.3, -0.25) is 38.9 Å². The van der Waals surface area contributed by atoms with Gasteiger partial charge in [-0.1, -0.05) is 23.7 Å². The zero-order valence-corrected chi connectivity index (χ0v) is 38.3. The van der Waals surface area contributed by atoms with Gasteiger partial charge in [0.2, 0.25) is 11.8 Å². The Morgan fingerprint density at radius 1 is 0.771 bits per heavy atom. The second-order valence-corrected chi connectivity index (χ2v) is 16.1. The maximum atomic E-state index is 13.8. The molecule has 0 bridgehead atoms. The number of amides is 5.